The second-order valence-corrected chi connectivity index (χ2v) is 28.9. The molecule has 0 saturated heterocycles. The predicted molar refractivity (Wildman–Crippen MR) is 358 cm³/mol. The van der Waals surface area contributed by atoms with Crippen molar-refractivity contribution in [2.75, 3.05) is 39.6 Å². The van der Waals surface area contributed by atoms with E-state index in [0.29, 0.717) is 25.7 Å². The molecule has 6 atom stereocenters. The molecule has 528 valence electrons. The fourth-order valence-electron chi connectivity index (χ4n) is 10.6. The number of unbranched alkanes of at least 4 members (excludes halogenated alkanes) is 38. The van der Waals surface area contributed by atoms with E-state index in [9.17, 15) is 43.2 Å². The van der Waals surface area contributed by atoms with Crippen LogP contribution in [0.15, 0.2) is 0 Å². The summed E-state index contributed by atoms with van der Waals surface area (Å²) in [5.41, 5.74) is 0. The summed E-state index contributed by atoms with van der Waals surface area (Å²) in [6.07, 6.45) is 47.5. The lowest BCUT2D eigenvalue weighted by Crippen LogP contribution is -2.30. The van der Waals surface area contributed by atoms with E-state index in [-0.39, 0.29) is 25.7 Å². The fraction of sp³-hybridized carbons (Fsp3) is 0.943. The highest BCUT2D eigenvalue weighted by molar-refractivity contribution is 7.47. The molecule has 0 heterocycles. The Morgan fingerprint density at radius 1 is 0.326 bits per heavy atom. The van der Waals surface area contributed by atoms with Gasteiger partial charge >= 0.3 is 39.5 Å². The van der Waals surface area contributed by atoms with Crippen molar-refractivity contribution in [1.82, 2.24) is 0 Å². The summed E-state index contributed by atoms with van der Waals surface area (Å²) in [4.78, 5) is 72.3. The topological polar surface area (TPSA) is 237 Å². The normalized spacial score (nSPS) is 14.4. The van der Waals surface area contributed by atoms with E-state index in [2.05, 4.69) is 41.5 Å². The number of phosphoric acid groups is 2. The lowest BCUT2D eigenvalue weighted by atomic mass is 10.00. The molecule has 19 heteroatoms. The van der Waals surface area contributed by atoms with E-state index in [1.165, 1.54) is 161 Å². The monoisotopic (exact) mass is 1310 g/mol. The molecule has 0 aromatic rings. The number of hydrogen-bond donors (Lipinski definition) is 3. The zero-order valence-electron chi connectivity index (χ0n) is 57.7. The van der Waals surface area contributed by atoms with E-state index >= 15 is 0 Å². The predicted octanol–water partition coefficient (Wildman–Crippen LogP) is 20.0. The third kappa shape index (κ3) is 63.2. The third-order valence-corrected chi connectivity index (χ3v) is 18.5. The summed E-state index contributed by atoms with van der Waals surface area (Å²) < 4.78 is 68.1. The van der Waals surface area contributed by atoms with Gasteiger partial charge in [0.2, 0.25) is 0 Å². The number of aliphatic hydroxyl groups excluding tert-OH is 1. The van der Waals surface area contributed by atoms with Gasteiger partial charge in [-0.1, -0.05) is 305 Å². The van der Waals surface area contributed by atoms with Gasteiger partial charge in [-0.15, -0.1) is 0 Å². The van der Waals surface area contributed by atoms with Gasteiger partial charge in [-0.3, -0.25) is 37.3 Å². The molecular formula is C70H136O17P2. The molecule has 0 aromatic heterocycles. The van der Waals surface area contributed by atoms with Crippen LogP contribution < -0.4 is 0 Å². The van der Waals surface area contributed by atoms with Gasteiger partial charge < -0.3 is 33.8 Å². The molecule has 0 spiro atoms. The van der Waals surface area contributed by atoms with Gasteiger partial charge in [-0.25, -0.2) is 9.13 Å². The Bertz CT molecular complexity index is 1740. The number of carbonyl (C=O) groups is 4. The van der Waals surface area contributed by atoms with Crippen LogP contribution in [0.5, 0.6) is 0 Å². The maximum Gasteiger partial charge on any atom is 0.472 e. The van der Waals surface area contributed by atoms with Crippen molar-refractivity contribution in [1.29, 1.82) is 0 Å². The Morgan fingerprint density at radius 3 is 0.854 bits per heavy atom. The van der Waals surface area contributed by atoms with Crippen molar-refractivity contribution < 1.29 is 80.2 Å². The first-order valence-electron chi connectivity index (χ1n) is 36.5. The Labute approximate surface area is 543 Å². The van der Waals surface area contributed by atoms with Crippen LogP contribution in [0, 0.1) is 11.8 Å². The van der Waals surface area contributed by atoms with Gasteiger partial charge in [0.15, 0.2) is 12.2 Å². The fourth-order valence-corrected chi connectivity index (χ4v) is 12.1. The van der Waals surface area contributed by atoms with Crippen molar-refractivity contribution in [2.24, 2.45) is 11.8 Å². The van der Waals surface area contributed by atoms with Crippen LogP contribution in [-0.2, 0) is 65.4 Å². The second-order valence-electron chi connectivity index (χ2n) is 26.0. The second kappa shape index (κ2) is 62.2. The van der Waals surface area contributed by atoms with E-state index < -0.39 is 97.5 Å². The Morgan fingerprint density at radius 2 is 0.573 bits per heavy atom. The first kappa shape index (κ1) is 87.1. The van der Waals surface area contributed by atoms with Crippen LogP contribution in [0.3, 0.4) is 0 Å². The average molecular weight is 1310 g/mol. The van der Waals surface area contributed by atoms with Crippen molar-refractivity contribution >= 4 is 39.5 Å². The molecule has 3 N–H and O–H groups in total. The summed E-state index contributed by atoms with van der Waals surface area (Å²) in [5.74, 6) is -0.669. The molecule has 0 fully saturated rings. The molecular weight excluding hydrogens is 1170 g/mol. The van der Waals surface area contributed by atoms with Crippen molar-refractivity contribution in [2.45, 2.75) is 374 Å². The molecule has 0 saturated carbocycles. The van der Waals surface area contributed by atoms with E-state index in [0.717, 1.165) is 115 Å². The lowest BCUT2D eigenvalue weighted by Gasteiger charge is -2.21. The van der Waals surface area contributed by atoms with Crippen molar-refractivity contribution in [3.8, 4) is 0 Å². The van der Waals surface area contributed by atoms with Crippen LogP contribution >= 0.6 is 15.6 Å². The molecule has 17 nitrogen and oxygen atoms in total. The first-order chi connectivity index (χ1) is 42.9. The number of hydrogen-bond acceptors (Lipinski definition) is 15. The maximum absolute atomic E-state index is 13.0. The highest BCUT2D eigenvalue weighted by Gasteiger charge is 2.30. The van der Waals surface area contributed by atoms with Crippen LogP contribution in [0.4, 0.5) is 0 Å². The Balaban J connectivity index is 5.16. The van der Waals surface area contributed by atoms with Gasteiger partial charge in [-0.2, -0.15) is 0 Å². The number of esters is 4. The summed E-state index contributed by atoms with van der Waals surface area (Å²) in [6, 6.07) is 0. The number of aliphatic hydroxyl groups is 1. The van der Waals surface area contributed by atoms with E-state index in [1.807, 2.05) is 0 Å². The van der Waals surface area contributed by atoms with Crippen LogP contribution in [-0.4, -0.2) is 96.7 Å². The Hall–Kier alpha value is -1.94. The zero-order valence-corrected chi connectivity index (χ0v) is 59.5. The quantitative estimate of drug-likeness (QED) is 0.0222. The first-order valence-corrected chi connectivity index (χ1v) is 39.5. The van der Waals surface area contributed by atoms with E-state index in [1.54, 1.807) is 0 Å². The standard InChI is InChI=1S/C70H136O17P2/c1-7-10-12-14-16-17-18-19-20-21-22-23-24-25-26-27-30-35-42-48-54-69(74)86-65(59-81-68(73)53-47-41-34-31-28-29-33-38-44-50-62(4)5)60-84-88(76,77)82-56-64(71)57-83-89(78,79)85-61-66(58-80-67(72)52-46-40-32-15-13-11-8-2)87-70(75)55-49-43-37-36-39-45-51-63(6)9-3/h62-66,71H,7-61H2,1-6H3,(H,76,77)(H,78,79)/t63?,64-,65-,66-/m1/s1. The van der Waals surface area contributed by atoms with Gasteiger partial charge in [0.05, 0.1) is 26.4 Å². The average Bonchev–Trinajstić information content (AvgIpc) is 3.72. The molecule has 0 aliphatic carbocycles. The third-order valence-electron chi connectivity index (χ3n) is 16.6. The largest absolute Gasteiger partial charge is 0.472 e. The molecule has 0 aliphatic heterocycles. The van der Waals surface area contributed by atoms with Crippen LogP contribution in [0.25, 0.3) is 0 Å². The SMILES string of the molecule is CCCCCCCCCCCCCCCCCCCCCCC(=O)O[C@H](COC(=O)CCCCCCCCCCCC(C)C)COP(=O)(O)OC[C@@H](O)COP(=O)(O)OC[C@@H](COC(=O)CCCCCCCCC)OC(=O)CCCCCCCCC(C)CC. The summed E-state index contributed by atoms with van der Waals surface area (Å²) >= 11 is 0. The number of phosphoric ester groups is 2. The molecule has 0 bridgehead atoms. The minimum absolute atomic E-state index is 0.103. The van der Waals surface area contributed by atoms with Crippen LogP contribution in [0.1, 0.15) is 356 Å². The summed E-state index contributed by atoms with van der Waals surface area (Å²) in [6.45, 7) is 9.43. The molecule has 0 aromatic carbocycles. The minimum atomic E-state index is -4.95. The number of ether oxygens (including phenoxy) is 4. The highest BCUT2D eigenvalue weighted by atomic mass is 31.2. The van der Waals surface area contributed by atoms with Gasteiger partial charge in [0.25, 0.3) is 0 Å². The van der Waals surface area contributed by atoms with Gasteiger partial charge in [0, 0.05) is 25.7 Å². The molecule has 0 rings (SSSR count). The van der Waals surface area contributed by atoms with Crippen molar-refractivity contribution in [3.63, 3.8) is 0 Å². The van der Waals surface area contributed by atoms with E-state index in [4.69, 9.17) is 37.0 Å². The smallest absolute Gasteiger partial charge is 0.462 e. The number of carbonyl (C=O) groups excluding carboxylic acids is 4. The van der Waals surface area contributed by atoms with Gasteiger partial charge in [-0.05, 0) is 37.5 Å². The molecule has 0 amide bonds. The molecule has 0 radical (unpaired) electrons. The van der Waals surface area contributed by atoms with Gasteiger partial charge in [0.1, 0.15) is 19.3 Å². The molecule has 89 heavy (non-hydrogen) atoms. The van der Waals surface area contributed by atoms with Crippen LogP contribution in [0.2, 0.25) is 0 Å². The van der Waals surface area contributed by atoms with Crippen molar-refractivity contribution in [3.05, 3.63) is 0 Å². The lowest BCUT2D eigenvalue weighted by molar-refractivity contribution is -0.161. The molecule has 0 aliphatic rings. The molecule has 3 unspecified atom stereocenters. The Kier molecular flexibility index (Phi) is 60.8. The summed E-state index contributed by atoms with van der Waals surface area (Å²) in [5, 5.41) is 10.6. The maximum atomic E-state index is 13.0. The number of rotatable bonds is 69. The minimum Gasteiger partial charge on any atom is -0.462 e. The highest BCUT2D eigenvalue weighted by Crippen LogP contribution is 2.45. The summed E-state index contributed by atoms with van der Waals surface area (Å²) in [7, 11) is -9.89. The zero-order chi connectivity index (χ0) is 65.7.